The van der Waals surface area contributed by atoms with E-state index in [2.05, 4.69) is 41.5 Å². The average molecular weight is 210 g/mol. The number of carboxylic acids is 1. The molecule has 0 aromatic heterocycles. The smallest absolute Gasteiger partial charge is 0.307 e. The minimum atomic E-state index is -0.608. The van der Waals surface area contributed by atoms with Crippen LogP contribution in [0, 0.1) is 34.0 Å². The van der Waals surface area contributed by atoms with Crippen LogP contribution in [0.15, 0.2) is 0 Å². The molecule has 0 radical (unpaired) electrons. The molecule has 0 aromatic rings. The molecule has 2 fully saturated rings. The van der Waals surface area contributed by atoms with Crippen molar-refractivity contribution in [2.24, 2.45) is 34.0 Å². The summed E-state index contributed by atoms with van der Waals surface area (Å²) in [5.41, 5.74) is 0.611. The van der Waals surface area contributed by atoms with Crippen LogP contribution in [0.4, 0.5) is 0 Å². The Bertz CT molecular complexity index is 311. The van der Waals surface area contributed by atoms with E-state index >= 15 is 0 Å². The van der Waals surface area contributed by atoms with E-state index in [1.807, 2.05) is 0 Å². The molecule has 86 valence electrons. The summed E-state index contributed by atoms with van der Waals surface area (Å²) >= 11 is 0. The first-order valence-corrected chi connectivity index (χ1v) is 5.79. The predicted octanol–water partition coefficient (Wildman–Crippen LogP) is 3.03. The largest absolute Gasteiger partial charge is 0.481 e. The minimum absolute atomic E-state index is 0.00153. The van der Waals surface area contributed by atoms with Gasteiger partial charge in [-0.2, -0.15) is 0 Å². The van der Waals surface area contributed by atoms with Crippen LogP contribution in [0.5, 0.6) is 0 Å². The molecule has 1 N–H and O–H groups in total. The number of rotatable bonds is 2. The summed E-state index contributed by atoms with van der Waals surface area (Å²) in [7, 11) is 0. The van der Waals surface area contributed by atoms with Crippen LogP contribution in [0.1, 0.15) is 41.5 Å². The Morgan fingerprint density at radius 3 is 1.60 bits per heavy atom. The van der Waals surface area contributed by atoms with Crippen LogP contribution in [-0.2, 0) is 4.79 Å². The molecule has 0 spiro atoms. The summed E-state index contributed by atoms with van der Waals surface area (Å²) in [6, 6.07) is 0. The summed E-state index contributed by atoms with van der Waals surface area (Å²) in [5, 5.41) is 9.18. The molecule has 2 rings (SSSR count). The zero-order valence-electron chi connectivity index (χ0n) is 10.6. The summed E-state index contributed by atoms with van der Waals surface area (Å²) in [4.78, 5) is 11.1. The van der Waals surface area contributed by atoms with E-state index < -0.39 is 5.97 Å². The van der Waals surface area contributed by atoms with Crippen LogP contribution in [-0.4, -0.2) is 11.1 Å². The molecule has 2 aliphatic carbocycles. The summed E-state index contributed by atoms with van der Waals surface area (Å²) in [6.45, 7) is 13.3. The Morgan fingerprint density at radius 1 is 1.00 bits per heavy atom. The molecular weight excluding hydrogens is 188 g/mol. The first-order chi connectivity index (χ1) is 6.56. The standard InChI is InChI=1S/C13H22O2/c1-11(2)7(8(11)10(14)15)9-12(3,4)13(9,5)6/h7-9H,1-6H3,(H,14,15)/t7-,8-/m0/s1. The summed E-state index contributed by atoms with van der Waals surface area (Å²) < 4.78 is 0. The van der Waals surface area contributed by atoms with Gasteiger partial charge in [0, 0.05) is 0 Å². The minimum Gasteiger partial charge on any atom is -0.481 e. The van der Waals surface area contributed by atoms with Crippen molar-refractivity contribution in [3.8, 4) is 0 Å². The molecule has 2 atom stereocenters. The molecule has 0 saturated heterocycles. The molecule has 0 unspecified atom stereocenters. The van der Waals surface area contributed by atoms with Crippen LogP contribution < -0.4 is 0 Å². The Hall–Kier alpha value is -0.530. The van der Waals surface area contributed by atoms with Gasteiger partial charge in [-0.3, -0.25) is 4.79 Å². The number of carboxylic acid groups (broad SMARTS) is 1. The van der Waals surface area contributed by atoms with Crippen LogP contribution >= 0.6 is 0 Å². The van der Waals surface area contributed by atoms with Crippen molar-refractivity contribution < 1.29 is 9.90 Å². The van der Waals surface area contributed by atoms with Crippen molar-refractivity contribution in [1.29, 1.82) is 0 Å². The van der Waals surface area contributed by atoms with E-state index in [1.54, 1.807) is 0 Å². The number of hydrogen-bond acceptors (Lipinski definition) is 1. The molecule has 15 heavy (non-hydrogen) atoms. The van der Waals surface area contributed by atoms with Crippen LogP contribution in [0.3, 0.4) is 0 Å². The fourth-order valence-corrected chi connectivity index (χ4v) is 3.92. The fourth-order valence-electron chi connectivity index (χ4n) is 3.92. The molecule has 0 amide bonds. The molecule has 2 saturated carbocycles. The number of aliphatic carboxylic acids is 1. The van der Waals surface area contributed by atoms with Crippen molar-refractivity contribution in [2.45, 2.75) is 41.5 Å². The van der Waals surface area contributed by atoms with Gasteiger partial charge in [0.25, 0.3) is 0 Å². The van der Waals surface area contributed by atoms with Gasteiger partial charge in [-0.25, -0.2) is 0 Å². The first kappa shape index (κ1) is 11.0. The van der Waals surface area contributed by atoms with E-state index in [1.165, 1.54) is 0 Å². The lowest BCUT2D eigenvalue weighted by atomic mass is 10.0. The summed E-state index contributed by atoms with van der Waals surface area (Å²) in [5.74, 6) is 0.216. The Kier molecular flexibility index (Phi) is 1.76. The molecule has 2 aliphatic rings. The number of carbonyl (C=O) groups is 1. The molecule has 0 heterocycles. The van der Waals surface area contributed by atoms with Gasteiger partial charge in [-0.1, -0.05) is 41.5 Å². The SMILES string of the molecule is CC1(C)[C@H](C(=O)O)[C@H]1C1C(C)(C)C1(C)C. The molecule has 0 aliphatic heterocycles. The van der Waals surface area contributed by atoms with Gasteiger partial charge < -0.3 is 5.11 Å². The van der Waals surface area contributed by atoms with E-state index in [-0.39, 0.29) is 11.3 Å². The Labute approximate surface area is 92.1 Å². The van der Waals surface area contributed by atoms with Gasteiger partial charge in [-0.15, -0.1) is 0 Å². The van der Waals surface area contributed by atoms with E-state index in [0.717, 1.165) is 0 Å². The van der Waals surface area contributed by atoms with Gasteiger partial charge in [0.15, 0.2) is 0 Å². The fraction of sp³-hybridized carbons (Fsp3) is 0.923. The van der Waals surface area contributed by atoms with Crippen molar-refractivity contribution in [3.63, 3.8) is 0 Å². The second-order valence-corrected chi connectivity index (χ2v) is 7.08. The van der Waals surface area contributed by atoms with Gasteiger partial charge >= 0.3 is 5.97 Å². The van der Waals surface area contributed by atoms with Crippen molar-refractivity contribution in [1.82, 2.24) is 0 Å². The Morgan fingerprint density at radius 2 is 1.40 bits per heavy atom. The maximum Gasteiger partial charge on any atom is 0.307 e. The molecule has 2 nitrogen and oxygen atoms in total. The second kappa shape index (κ2) is 2.41. The summed E-state index contributed by atoms with van der Waals surface area (Å²) in [6.07, 6.45) is 0. The van der Waals surface area contributed by atoms with E-state index in [0.29, 0.717) is 22.7 Å². The van der Waals surface area contributed by atoms with Crippen molar-refractivity contribution in [3.05, 3.63) is 0 Å². The molecule has 0 aromatic carbocycles. The third-order valence-corrected chi connectivity index (χ3v) is 5.67. The lowest BCUT2D eigenvalue weighted by Gasteiger charge is -2.04. The maximum absolute atomic E-state index is 11.1. The maximum atomic E-state index is 11.1. The quantitative estimate of drug-likeness (QED) is 0.760. The first-order valence-electron chi connectivity index (χ1n) is 5.79. The van der Waals surface area contributed by atoms with Crippen molar-refractivity contribution >= 4 is 5.97 Å². The molecule has 0 bridgehead atoms. The molecular formula is C13H22O2. The third-order valence-electron chi connectivity index (χ3n) is 5.67. The van der Waals surface area contributed by atoms with E-state index in [4.69, 9.17) is 0 Å². The number of hydrogen-bond donors (Lipinski definition) is 1. The highest BCUT2D eigenvalue weighted by molar-refractivity contribution is 5.76. The topological polar surface area (TPSA) is 37.3 Å². The van der Waals surface area contributed by atoms with Gasteiger partial charge in [0.2, 0.25) is 0 Å². The normalized spacial score (nSPS) is 39.9. The van der Waals surface area contributed by atoms with Crippen LogP contribution in [0.2, 0.25) is 0 Å². The average Bonchev–Trinajstić information content (AvgIpc) is 2.64. The predicted molar refractivity (Wildman–Crippen MR) is 59.4 cm³/mol. The van der Waals surface area contributed by atoms with Crippen LogP contribution in [0.25, 0.3) is 0 Å². The monoisotopic (exact) mass is 210 g/mol. The zero-order chi connectivity index (χ0) is 11.8. The van der Waals surface area contributed by atoms with Gasteiger partial charge in [0.1, 0.15) is 0 Å². The third kappa shape index (κ3) is 1.08. The zero-order valence-corrected chi connectivity index (χ0v) is 10.6. The lowest BCUT2D eigenvalue weighted by Crippen LogP contribution is -2.03. The van der Waals surface area contributed by atoms with E-state index in [9.17, 15) is 9.90 Å². The van der Waals surface area contributed by atoms with Gasteiger partial charge in [-0.05, 0) is 28.1 Å². The van der Waals surface area contributed by atoms with Crippen molar-refractivity contribution in [2.75, 3.05) is 0 Å². The lowest BCUT2D eigenvalue weighted by molar-refractivity contribution is -0.139. The highest BCUT2D eigenvalue weighted by atomic mass is 16.4. The molecule has 2 heteroatoms. The highest BCUT2D eigenvalue weighted by Crippen LogP contribution is 2.80. The van der Waals surface area contributed by atoms with Gasteiger partial charge in [0.05, 0.1) is 5.92 Å². The second-order valence-electron chi connectivity index (χ2n) is 7.08. The highest BCUT2D eigenvalue weighted by Gasteiger charge is 2.78. The Balaban J connectivity index is 2.21.